The van der Waals surface area contributed by atoms with Crippen LogP contribution in [0, 0.1) is 12.8 Å². The van der Waals surface area contributed by atoms with E-state index in [2.05, 4.69) is 10.2 Å². The third kappa shape index (κ3) is 4.18. The number of carbonyl (C=O) groups is 2. The van der Waals surface area contributed by atoms with Gasteiger partial charge in [0.05, 0.1) is 17.8 Å². The number of ketones is 2. The Kier molecular flexibility index (Phi) is 6.11. The molecule has 0 saturated heterocycles. The third-order valence-electron chi connectivity index (χ3n) is 5.95. The van der Waals surface area contributed by atoms with E-state index < -0.39 is 11.8 Å². The summed E-state index contributed by atoms with van der Waals surface area (Å²) in [6.45, 7) is 2.03. The van der Waals surface area contributed by atoms with Gasteiger partial charge in [0.25, 0.3) is 0 Å². The topological polar surface area (TPSA) is 58.9 Å². The molecule has 0 spiro atoms. The molecule has 0 aliphatic heterocycles. The fraction of sp³-hybridized carbons (Fsp3) is 0.103. The van der Waals surface area contributed by atoms with Crippen LogP contribution >= 0.6 is 11.3 Å². The predicted octanol–water partition coefficient (Wildman–Crippen LogP) is 6.09. The van der Waals surface area contributed by atoms with Crippen LogP contribution < -0.4 is 0 Å². The maximum atomic E-state index is 14.1. The first kappa shape index (κ1) is 21.9. The Morgan fingerprint density at radius 1 is 0.824 bits per heavy atom. The molecule has 1 aliphatic rings. The summed E-state index contributed by atoms with van der Waals surface area (Å²) in [6.07, 6.45) is 1.67. The van der Waals surface area contributed by atoms with Gasteiger partial charge in [-0.3, -0.25) is 9.59 Å². The van der Waals surface area contributed by atoms with Gasteiger partial charge in [0.15, 0.2) is 11.6 Å². The van der Waals surface area contributed by atoms with Crippen molar-refractivity contribution >= 4 is 34.8 Å². The molecule has 166 valence electrons. The van der Waals surface area contributed by atoms with Gasteiger partial charge in [0, 0.05) is 20.9 Å². The molecule has 4 aromatic rings. The lowest BCUT2D eigenvalue weighted by Crippen LogP contribution is -2.31. The lowest BCUT2D eigenvalue weighted by atomic mass is 9.80. The van der Waals surface area contributed by atoms with Crippen LogP contribution in [0.25, 0.3) is 0 Å². The molecular weight excluding hydrogens is 440 g/mol. The Morgan fingerprint density at radius 2 is 1.41 bits per heavy atom. The van der Waals surface area contributed by atoms with Crippen LogP contribution in [0.5, 0.6) is 0 Å². The number of fused-ring (bicyclic) bond motifs is 1. The number of Topliss-reactive ketones (excluding diaryl/α,β-unsaturated/α-hetero) is 2. The Labute approximate surface area is 202 Å². The summed E-state index contributed by atoms with van der Waals surface area (Å²) in [5.74, 6) is -2.01. The number of rotatable bonds is 6. The van der Waals surface area contributed by atoms with Gasteiger partial charge in [-0.05, 0) is 30.2 Å². The molecule has 1 atom stereocenters. The molecule has 5 rings (SSSR count). The fourth-order valence-electron chi connectivity index (χ4n) is 4.38. The number of nitrogens with zero attached hydrogens (tertiary/aromatic N) is 2. The van der Waals surface area contributed by atoms with Gasteiger partial charge in [-0.25, -0.2) is 0 Å². The third-order valence-corrected chi connectivity index (χ3v) is 6.89. The second-order valence-corrected chi connectivity index (χ2v) is 9.50. The van der Waals surface area contributed by atoms with Crippen molar-refractivity contribution < 1.29 is 9.59 Å². The molecule has 4 nitrogen and oxygen atoms in total. The van der Waals surface area contributed by atoms with Crippen molar-refractivity contribution in [3.8, 4) is 0 Å². The maximum Gasteiger partial charge on any atom is 0.180 e. The summed E-state index contributed by atoms with van der Waals surface area (Å²) in [5, 5.41) is 8.72. The predicted molar refractivity (Wildman–Crippen MR) is 137 cm³/mol. The van der Waals surface area contributed by atoms with Crippen molar-refractivity contribution in [1.82, 2.24) is 0 Å². The van der Waals surface area contributed by atoms with Crippen LogP contribution in [0.2, 0.25) is 0 Å². The van der Waals surface area contributed by atoms with E-state index in [-0.39, 0.29) is 11.6 Å². The molecule has 0 saturated carbocycles. The summed E-state index contributed by atoms with van der Waals surface area (Å²) in [6, 6.07) is 30.4. The van der Waals surface area contributed by atoms with Crippen LogP contribution in [0.1, 0.15) is 42.7 Å². The number of thiophene rings is 1. The number of hydrogen-bond donors (Lipinski definition) is 0. The number of aryl methyl sites for hydroxylation is 1. The highest BCUT2D eigenvalue weighted by atomic mass is 32.1. The minimum absolute atomic E-state index is 0.195. The van der Waals surface area contributed by atoms with Gasteiger partial charge in [-0.1, -0.05) is 84.9 Å². The van der Waals surface area contributed by atoms with Crippen LogP contribution in [-0.4, -0.2) is 23.5 Å². The molecule has 3 aromatic carbocycles. The van der Waals surface area contributed by atoms with E-state index in [4.69, 9.17) is 0 Å². The molecule has 1 heterocycles. The fourth-order valence-corrected chi connectivity index (χ4v) is 5.13. The van der Waals surface area contributed by atoms with Crippen LogP contribution in [0.15, 0.2) is 107 Å². The van der Waals surface area contributed by atoms with Gasteiger partial charge in [0.2, 0.25) is 0 Å². The summed E-state index contributed by atoms with van der Waals surface area (Å²) < 4.78 is 0. The first-order chi connectivity index (χ1) is 16.6. The average Bonchev–Trinajstić information content (AvgIpc) is 3.41. The molecule has 0 N–H and O–H groups in total. The summed E-state index contributed by atoms with van der Waals surface area (Å²) in [5.41, 5.74) is 3.29. The highest BCUT2D eigenvalue weighted by molar-refractivity contribution is 7.13. The van der Waals surface area contributed by atoms with Gasteiger partial charge in [-0.15, -0.1) is 11.3 Å². The molecule has 0 fully saturated rings. The largest absolute Gasteiger partial charge is 0.297 e. The second-order valence-electron chi connectivity index (χ2n) is 8.18. The van der Waals surface area contributed by atoms with E-state index in [1.54, 1.807) is 23.6 Å². The van der Waals surface area contributed by atoms with E-state index in [1.807, 2.05) is 97.9 Å². The molecule has 0 radical (unpaired) electrons. The Hall–Kier alpha value is -3.96. The monoisotopic (exact) mass is 462 g/mol. The van der Waals surface area contributed by atoms with Gasteiger partial charge in [-0.2, -0.15) is 10.2 Å². The lowest BCUT2D eigenvalue weighted by Gasteiger charge is -2.20. The SMILES string of the molecule is Cc1ccc(/C=N/N=C2/c3ccccc3C(=O)C2C(=O)C(c2ccccc2)c2ccccc2)s1. The van der Waals surface area contributed by atoms with Crippen molar-refractivity contribution in [2.45, 2.75) is 12.8 Å². The standard InChI is InChI=1S/C29H22N2O2S/c1-19-16-17-22(34-19)18-30-31-27-23-14-8-9-15-24(23)28(32)26(27)29(33)25(20-10-4-2-5-11-20)21-12-6-3-7-13-21/h2-18,25-26H,1H3/b30-18+,31-27-. The molecule has 0 amide bonds. The molecule has 1 aliphatic carbocycles. The van der Waals surface area contributed by atoms with Crippen molar-refractivity contribution in [3.05, 3.63) is 129 Å². The number of benzene rings is 3. The highest BCUT2D eigenvalue weighted by Gasteiger charge is 2.44. The zero-order chi connectivity index (χ0) is 23.5. The highest BCUT2D eigenvalue weighted by Crippen LogP contribution is 2.35. The Morgan fingerprint density at radius 3 is 2.00 bits per heavy atom. The minimum Gasteiger partial charge on any atom is -0.297 e. The van der Waals surface area contributed by atoms with Gasteiger partial charge in [0.1, 0.15) is 5.92 Å². The Balaban J connectivity index is 1.59. The maximum absolute atomic E-state index is 14.1. The zero-order valence-electron chi connectivity index (χ0n) is 18.6. The molecule has 34 heavy (non-hydrogen) atoms. The minimum atomic E-state index is -1.01. The normalized spacial score (nSPS) is 16.5. The molecule has 1 unspecified atom stereocenters. The Bertz CT molecular complexity index is 1360. The molecule has 5 heteroatoms. The van der Waals surface area contributed by atoms with Crippen molar-refractivity contribution in [2.24, 2.45) is 16.1 Å². The summed E-state index contributed by atoms with van der Waals surface area (Å²) >= 11 is 1.61. The smallest absolute Gasteiger partial charge is 0.180 e. The van der Waals surface area contributed by atoms with E-state index in [0.29, 0.717) is 16.8 Å². The first-order valence-electron chi connectivity index (χ1n) is 11.1. The molecule has 1 aromatic heterocycles. The van der Waals surface area contributed by atoms with Gasteiger partial charge >= 0.3 is 0 Å². The number of carbonyl (C=O) groups excluding carboxylic acids is 2. The van der Waals surface area contributed by atoms with E-state index in [0.717, 1.165) is 16.0 Å². The van der Waals surface area contributed by atoms with Gasteiger partial charge < -0.3 is 0 Å². The summed E-state index contributed by atoms with van der Waals surface area (Å²) in [4.78, 5) is 29.8. The average molecular weight is 463 g/mol. The van der Waals surface area contributed by atoms with Crippen molar-refractivity contribution in [1.29, 1.82) is 0 Å². The van der Waals surface area contributed by atoms with E-state index in [9.17, 15) is 9.59 Å². The quantitative estimate of drug-likeness (QED) is 0.198. The molecule has 0 bridgehead atoms. The van der Waals surface area contributed by atoms with Crippen LogP contribution in [0.4, 0.5) is 0 Å². The summed E-state index contributed by atoms with van der Waals surface area (Å²) in [7, 11) is 0. The molecular formula is C29H22N2O2S. The zero-order valence-corrected chi connectivity index (χ0v) is 19.4. The van der Waals surface area contributed by atoms with Crippen molar-refractivity contribution in [2.75, 3.05) is 0 Å². The van der Waals surface area contributed by atoms with E-state index >= 15 is 0 Å². The van der Waals surface area contributed by atoms with Crippen molar-refractivity contribution in [3.63, 3.8) is 0 Å². The second kappa shape index (κ2) is 9.49. The van der Waals surface area contributed by atoms with Crippen LogP contribution in [-0.2, 0) is 4.79 Å². The lowest BCUT2D eigenvalue weighted by molar-refractivity contribution is -0.120. The first-order valence-corrected chi connectivity index (χ1v) is 11.9. The van der Waals surface area contributed by atoms with E-state index in [1.165, 1.54) is 4.88 Å². The van der Waals surface area contributed by atoms with Crippen LogP contribution in [0.3, 0.4) is 0 Å². The number of hydrogen-bond acceptors (Lipinski definition) is 5.